The molecule has 22 heavy (non-hydrogen) atoms. The number of methoxy groups -OCH3 is 1. The second-order valence-corrected chi connectivity index (χ2v) is 3.97. The van der Waals surface area contributed by atoms with E-state index in [4.69, 9.17) is 9.84 Å². The highest BCUT2D eigenvalue weighted by Crippen LogP contribution is 2.06. The van der Waals surface area contributed by atoms with Crippen molar-refractivity contribution in [3.05, 3.63) is 15.9 Å². The Kier molecular flexibility index (Phi) is 6.85. The molecule has 3 N–H and O–H groups in total. The normalized spacial score (nSPS) is 10.3. The number of ether oxygens (including phenoxy) is 1. The van der Waals surface area contributed by atoms with Crippen molar-refractivity contribution in [2.45, 2.75) is 6.54 Å². The maximum atomic E-state index is 11.9. The van der Waals surface area contributed by atoms with Gasteiger partial charge in [-0.2, -0.15) is 4.68 Å². The van der Waals surface area contributed by atoms with Crippen LogP contribution in [0.4, 0.5) is 5.95 Å². The number of aromatic nitrogens is 3. The Morgan fingerprint density at radius 2 is 2.14 bits per heavy atom. The van der Waals surface area contributed by atoms with E-state index in [0.717, 1.165) is 4.68 Å². The average molecular weight is 316 g/mol. The highest BCUT2D eigenvalue weighted by molar-refractivity contribution is 5.91. The lowest BCUT2D eigenvalue weighted by Crippen LogP contribution is -2.34. The highest BCUT2D eigenvalue weighted by Gasteiger charge is 2.27. The molecule has 1 rings (SSSR count). The van der Waals surface area contributed by atoms with Crippen LogP contribution in [0.3, 0.4) is 0 Å². The Morgan fingerprint density at radius 1 is 1.41 bits per heavy atom. The van der Waals surface area contributed by atoms with E-state index in [2.05, 4.69) is 20.7 Å². The molecule has 0 bridgehead atoms. The molecule has 0 aliphatic rings. The fourth-order valence-corrected chi connectivity index (χ4v) is 1.42. The van der Waals surface area contributed by atoms with Gasteiger partial charge in [-0.1, -0.05) is 0 Å². The summed E-state index contributed by atoms with van der Waals surface area (Å²) in [5.74, 6) is -2.43. The molecule has 0 aromatic carbocycles. The van der Waals surface area contributed by atoms with Crippen molar-refractivity contribution < 1.29 is 24.4 Å². The maximum Gasteiger partial charge on any atom is 0.491 e. The Bertz CT molecular complexity index is 544. The third-order valence-electron chi connectivity index (χ3n) is 2.35. The second-order valence-electron chi connectivity index (χ2n) is 3.97. The largest absolute Gasteiger partial charge is 0.491 e. The zero-order valence-electron chi connectivity index (χ0n) is 11.8. The van der Waals surface area contributed by atoms with Gasteiger partial charge in [-0.05, 0) is 9.91 Å². The summed E-state index contributed by atoms with van der Waals surface area (Å²) in [5.41, 5.74) is 0. The van der Waals surface area contributed by atoms with Crippen LogP contribution in [0.15, 0.2) is 0 Å². The number of nitrogens with one attached hydrogen (secondary N) is 2. The number of hydrogen-bond donors (Lipinski definition) is 3. The van der Waals surface area contributed by atoms with Gasteiger partial charge in [0.05, 0.1) is 13.2 Å². The molecular formula is C10H16N6O6. The lowest BCUT2D eigenvalue weighted by atomic mass is 10.5. The molecule has 0 atom stereocenters. The van der Waals surface area contributed by atoms with Gasteiger partial charge in [-0.25, -0.2) is 0 Å². The fourth-order valence-electron chi connectivity index (χ4n) is 1.42. The quantitative estimate of drug-likeness (QED) is 0.259. The van der Waals surface area contributed by atoms with Crippen LogP contribution in [0.25, 0.3) is 0 Å². The first-order valence-electron chi connectivity index (χ1n) is 6.23. The van der Waals surface area contributed by atoms with E-state index >= 15 is 0 Å². The minimum absolute atomic E-state index is 0.0188. The van der Waals surface area contributed by atoms with Crippen molar-refractivity contribution in [3.63, 3.8) is 0 Å². The average Bonchev–Trinajstić information content (AvgIpc) is 2.89. The van der Waals surface area contributed by atoms with Gasteiger partial charge in [-0.3, -0.25) is 9.59 Å². The van der Waals surface area contributed by atoms with Gasteiger partial charge >= 0.3 is 17.7 Å². The summed E-state index contributed by atoms with van der Waals surface area (Å²) in [7, 11) is 1.45. The van der Waals surface area contributed by atoms with Crippen molar-refractivity contribution in [2.24, 2.45) is 0 Å². The zero-order valence-corrected chi connectivity index (χ0v) is 11.8. The molecule has 0 aliphatic carbocycles. The van der Waals surface area contributed by atoms with E-state index in [1.165, 1.54) is 7.11 Å². The minimum atomic E-state index is -0.867. The first-order chi connectivity index (χ1) is 10.5. The molecule has 2 amide bonds. The maximum absolute atomic E-state index is 11.9. The van der Waals surface area contributed by atoms with Crippen molar-refractivity contribution in [2.75, 3.05) is 33.4 Å². The number of amides is 2. The van der Waals surface area contributed by atoms with Crippen LogP contribution in [0.5, 0.6) is 0 Å². The molecule has 0 aliphatic heterocycles. The van der Waals surface area contributed by atoms with E-state index in [9.17, 15) is 19.7 Å². The van der Waals surface area contributed by atoms with Crippen LogP contribution in [0.2, 0.25) is 0 Å². The molecule has 1 heterocycles. The van der Waals surface area contributed by atoms with Gasteiger partial charge in [0.2, 0.25) is 5.91 Å². The molecule has 1 aromatic rings. The SMILES string of the molecule is COCCNC(=O)c1nc([N+](=O)[O-])nn1CC(=O)NCCO. The summed E-state index contributed by atoms with van der Waals surface area (Å²) >= 11 is 0. The van der Waals surface area contributed by atoms with Gasteiger partial charge in [0.15, 0.2) is 0 Å². The van der Waals surface area contributed by atoms with Crippen molar-refractivity contribution in [1.82, 2.24) is 25.4 Å². The van der Waals surface area contributed by atoms with E-state index in [1.54, 1.807) is 0 Å². The lowest BCUT2D eigenvalue weighted by molar-refractivity contribution is -0.394. The predicted molar refractivity (Wildman–Crippen MR) is 71.0 cm³/mol. The predicted octanol–water partition coefficient (Wildman–Crippen LogP) is -2.33. The number of carbonyl (C=O) groups is 2. The number of hydrogen-bond acceptors (Lipinski definition) is 8. The topological polar surface area (TPSA) is 162 Å². The smallest absolute Gasteiger partial charge is 0.395 e. The van der Waals surface area contributed by atoms with Gasteiger partial charge in [0.25, 0.3) is 0 Å². The summed E-state index contributed by atoms with van der Waals surface area (Å²) in [6, 6.07) is 0. The monoisotopic (exact) mass is 316 g/mol. The van der Waals surface area contributed by atoms with Gasteiger partial charge in [-0.15, -0.1) is 0 Å². The summed E-state index contributed by atoms with van der Waals surface area (Å²) in [4.78, 5) is 36.8. The molecule has 1 aromatic heterocycles. The molecule has 0 spiro atoms. The summed E-state index contributed by atoms with van der Waals surface area (Å²) in [5, 5.41) is 27.6. The van der Waals surface area contributed by atoms with E-state index in [-0.39, 0.29) is 32.1 Å². The van der Waals surface area contributed by atoms with Gasteiger partial charge < -0.3 is 30.6 Å². The summed E-state index contributed by atoms with van der Waals surface area (Å²) in [6.07, 6.45) is 0. The van der Waals surface area contributed by atoms with Crippen LogP contribution in [-0.2, 0) is 16.1 Å². The van der Waals surface area contributed by atoms with E-state index < -0.39 is 29.2 Å². The number of nitro groups is 1. The van der Waals surface area contributed by atoms with Crippen LogP contribution < -0.4 is 10.6 Å². The molecule has 0 saturated heterocycles. The molecule has 0 unspecified atom stereocenters. The number of nitrogens with zero attached hydrogens (tertiary/aromatic N) is 4. The van der Waals surface area contributed by atoms with E-state index in [1.807, 2.05) is 0 Å². The highest BCUT2D eigenvalue weighted by atomic mass is 16.6. The van der Waals surface area contributed by atoms with Crippen LogP contribution in [-0.4, -0.2) is 70.0 Å². The molecule has 12 heteroatoms. The Morgan fingerprint density at radius 3 is 2.73 bits per heavy atom. The van der Waals surface area contributed by atoms with Crippen LogP contribution >= 0.6 is 0 Å². The Balaban J connectivity index is 2.86. The Hall–Kier alpha value is -2.60. The standard InChI is InChI=1S/C10H16N6O6/c1-22-5-3-12-9(19)8-13-10(16(20)21)14-15(8)6-7(18)11-2-4-17/h17H,2-6H2,1H3,(H,11,18)(H,12,19). The number of aliphatic hydroxyl groups is 1. The van der Waals surface area contributed by atoms with Crippen LogP contribution in [0.1, 0.15) is 10.6 Å². The van der Waals surface area contributed by atoms with Gasteiger partial charge in [0, 0.05) is 25.3 Å². The summed E-state index contributed by atoms with van der Waals surface area (Å²) < 4.78 is 5.58. The Labute approximate surface area is 124 Å². The molecular weight excluding hydrogens is 300 g/mol. The lowest BCUT2D eigenvalue weighted by Gasteiger charge is -2.04. The number of carbonyl (C=O) groups excluding carboxylic acids is 2. The van der Waals surface area contributed by atoms with Crippen molar-refractivity contribution >= 4 is 17.8 Å². The molecule has 12 nitrogen and oxygen atoms in total. The van der Waals surface area contributed by atoms with E-state index in [0.29, 0.717) is 0 Å². The number of rotatable bonds is 9. The third kappa shape index (κ3) is 5.06. The molecule has 0 radical (unpaired) electrons. The summed E-state index contributed by atoms with van der Waals surface area (Å²) in [6.45, 7) is -0.252. The molecule has 0 fully saturated rings. The second kappa shape index (κ2) is 8.63. The van der Waals surface area contributed by atoms with Crippen molar-refractivity contribution in [1.29, 1.82) is 0 Å². The van der Waals surface area contributed by atoms with Gasteiger partial charge in [0.1, 0.15) is 6.54 Å². The molecule has 122 valence electrons. The number of aliphatic hydroxyl groups excluding tert-OH is 1. The van der Waals surface area contributed by atoms with Crippen LogP contribution in [0, 0.1) is 10.1 Å². The fraction of sp³-hybridized carbons (Fsp3) is 0.600. The molecule has 0 saturated carbocycles. The van der Waals surface area contributed by atoms with Crippen molar-refractivity contribution in [3.8, 4) is 0 Å². The minimum Gasteiger partial charge on any atom is -0.395 e. The zero-order chi connectivity index (χ0) is 16.5. The third-order valence-corrected chi connectivity index (χ3v) is 2.35. The first kappa shape index (κ1) is 17.5. The first-order valence-corrected chi connectivity index (χ1v) is 6.23.